The summed E-state index contributed by atoms with van der Waals surface area (Å²) < 4.78 is 44.6. The van der Waals surface area contributed by atoms with E-state index in [1.807, 2.05) is 23.9 Å². The van der Waals surface area contributed by atoms with E-state index in [9.17, 15) is 13.2 Å². The van der Waals surface area contributed by atoms with Crippen molar-refractivity contribution in [3.8, 4) is 11.3 Å². The Hall–Kier alpha value is -3.65. The van der Waals surface area contributed by atoms with Gasteiger partial charge in [-0.3, -0.25) is 14.1 Å². The number of alkyl halides is 2. The first-order valence-corrected chi connectivity index (χ1v) is 12.6. The van der Waals surface area contributed by atoms with E-state index in [1.165, 1.54) is 17.7 Å². The molecule has 5 nitrogen and oxygen atoms in total. The minimum atomic E-state index is -2.61. The molecular formula is C29H28F3N5. The lowest BCUT2D eigenvalue weighted by atomic mass is 9.93. The standard InChI is InChI=1S/C29H28F3N5/c1-18(20-10-11-23-26(17-20)35(2)34-27(23)21-6-5-7-22(30)16-21)36-14-12-19(13-15-36)28-33-24-8-3-4-9-25(24)37(28)29(31)32/h3-11,16-19,29H,12-15H2,1-2H3. The van der Waals surface area contributed by atoms with Gasteiger partial charge in [0.25, 0.3) is 0 Å². The number of piperidine rings is 1. The number of rotatable bonds is 5. The van der Waals surface area contributed by atoms with Crippen molar-refractivity contribution in [1.29, 1.82) is 0 Å². The molecule has 0 aliphatic carbocycles. The number of fused-ring (bicyclic) bond motifs is 2. The van der Waals surface area contributed by atoms with Crippen molar-refractivity contribution in [3.05, 3.63) is 83.9 Å². The van der Waals surface area contributed by atoms with Gasteiger partial charge >= 0.3 is 6.55 Å². The molecule has 2 aromatic heterocycles. The third-order valence-corrected chi connectivity index (χ3v) is 7.72. The summed E-state index contributed by atoms with van der Waals surface area (Å²) in [4.78, 5) is 6.99. The Morgan fingerprint density at radius 1 is 0.919 bits per heavy atom. The molecule has 0 radical (unpaired) electrons. The second kappa shape index (κ2) is 9.34. The minimum absolute atomic E-state index is 0.00164. The summed E-state index contributed by atoms with van der Waals surface area (Å²) in [6, 6.07) is 20.1. The second-order valence-electron chi connectivity index (χ2n) is 9.85. The van der Waals surface area contributed by atoms with Crippen LogP contribution in [0.2, 0.25) is 0 Å². The van der Waals surface area contributed by atoms with Crippen molar-refractivity contribution in [3.63, 3.8) is 0 Å². The lowest BCUT2D eigenvalue weighted by Gasteiger charge is -2.36. The molecule has 0 spiro atoms. The van der Waals surface area contributed by atoms with Crippen LogP contribution in [0.1, 0.15) is 49.7 Å². The molecule has 8 heteroatoms. The van der Waals surface area contributed by atoms with Gasteiger partial charge in [0, 0.05) is 30.0 Å². The Morgan fingerprint density at radius 2 is 1.70 bits per heavy atom. The zero-order chi connectivity index (χ0) is 25.7. The van der Waals surface area contributed by atoms with E-state index in [0.717, 1.165) is 52.7 Å². The summed E-state index contributed by atoms with van der Waals surface area (Å²) in [5.41, 5.74) is 4.78. The van der Waals surface area contributed by atoms with Gasteiger partial charge in [-0.25, -0.2) is 9.37 Å². The molecule has 0 bridgehead atoms. The first-order valence-electron chi connectivity index (χ1n) is 12.6. The maximum absolute atomic E-state index is 13.9. The van der Waals surface area contributed by atoms with E-state index in [0.29, 0.717) is 16.9 Å². The Labute approximate surface area is 213 Å². The Bertz CT molecular complexity index is 1580. The van der Waals surface area contributed by atoms with E-state index < -0.39 is 6.55 Å². The van der Waals surface area contributed by atoms with Gasteiger partial charge in [0.2, 0.25) is 0 Å². The molecule has 1 atom stereocenters. The monoisotopic (exact) mass is 503 g/mol. The molecule has 3 aromatic carbocycles. The Kier molecular flexibility index (Phi) is 5.99. The normalized spacial score (nSPS) is 16.3. The molecule has 190 valence electrons. The summed E-state index contributed by atoms with van der Waals surface area (Å²) in [6.45, 7) is 1.17. The number of para-hydroxylation sites is 2. The molecule has 37 heavy (non-hydrogen) atoms. The number of nitrogens with zero attached hydrogens (tertiary/aromatic N) is 5. The lowest BCUT2D eigenvalue weighted by molar-refractivity contribution is 0.0673. The minimum Gasteiger partial charge on any atom is -0.297 e. The zero-order valence-electron chi connectivity index (χ0n) is 20.8. The third kappa shape index (κ3) is 4.19. The largest absolute Gasteiger partial charge is 0.320 e. The highest BCUT2D eigenvalue weighted by molar-refractivity contribution is 5.93. The molecule has 3 heterocycles. The van der Waals surface area contributed by atoms with Crippen molar-refractivity contribution >= 4 is 21.9 Å². The van der Waals surface area contributed by atoms with E-state index >= 15 is 0 Å². The summed E-state index contributed by atoms with van der Waals surface area (Å²) >= 11 is 0. The van der Waals surface area contributed by atoms with Crippen LogP contribution in [0.25, 0.3) is 33.2 Å². The van der Waals surface area contributed by atoms with Gasteiger partial charge in [-0.05, 0) is 68.8 Å². The van der Waals surface area contributed by atoms with E-state index in [1.54, 1.807) is 24.3 Å². The number of benzene rings is 3. The number of aromatic nitrogens is 4. The Balaban J connectivity index is 1.22. The fourth-order valence-corrected chi connectivity index (χ4v) is 5.70. The Morgan fingerprint density at radius 3 is 2.46 bits per heavy atom. The van der Waals surface area contributed by atoms with Crippen LogP contribution in [-0.2, 0) is 7.05 Å². The first-order chi connectivity index (χ1) is 17.9. The van der Waals surface area contributed by atoms with Gasteiger partial charge in [0.05, 0.1) is 16.6 Å². The van der Waals surface area contributed by atoms with Crippen molar-refractivity contribution in [2.75, 3.05) is 13.1 Å². The molecule has 1 aliphatic rings. The van der Waals surface area contributed by atoms with E-state index in [2.05, 4.69) is 40.1 Å². The summed E-state index contributed by atoms with van der Waals surface area (Å²) in [7, 11) is 1.90. The zero-order valence-corrected chi connectivity index (χ0v) is 20.8. The predicted octanol–water partition coefficient (Wildman–Crippen LogP) is 7.06. The smallest absolute Gasteiger partial charge is 0.297 e. The first kappa shape index (κ1) is 23.7. The fourth-order valence-electron chi connectivity index (χ4n) is 5.70. The number of halogens is 3. The maximum Gasteiger partial charge on any atom is 0.320 e. The van der Waals surface area contributed by atoms with Crippen LogP contribution in [0, 0.1) is 5.82 Å². The van der Waals surface area contributed by atoms with Crippen LogP contribution >= 0.6 is 0 Å². The molecule has 1 aliphatic heterocycles. The summed E-state index contributed by atoms with van der Waals surface area (Å²) in [6.07, 6.45) is 1.55. The summed E-state index contributed by atoms with van der Waals surface area (Å²) in [5, 5.41) is 5.64. The highest BCUT2D eigenvalue weighted by Crippen LogP contribution is 2.36. The van der Waals surface area contributed by atoms with Gasteiger partial charge in [-0.1, -0.05) is 36.4 Å². The molecule has 0 amide bonds. The van der Waals surface area contributed by atoms with Crippen LogP contribution in [0.4, 0.5) is 13.2 Å². The van der Waals surface area contributed by atoms with Crippen LogP contribution in [0.15, 0.2) is 66.7 Å². The average Bonchev–Trinajstić information content (AvgIpc) is 3.46. The molecular weight excluding hydrogens is 475 g/mol. The summed E-state index contributed by atoms with van der Waals surface area (Å²) in [5.74, 6) is 0.206. The highest BCUT2D eigenvalue weighted by Gasteiger charge is 2.30. The second-order valence-corrected chi connectivity index (χ2v) is 9.85. The molecule has 5 aromatic rings. The number of likely N-dealkylation sites (tertiary alicyclic amines) is 1. The fraction of sp³-hybridized carbons (Fsp3) is 0.310. The van der Waals surface area contributed by atoms with Crippen molar-refractivity contribution in [2.45, 2.75) is 38.3 Å². The van der Waals surface area contributed by atoms with Crippen LogP contribution in [0.3, 0.4) is 0 Å². The molecule has 6 rings (SSSR count). The predicted molar refractivity (Wildman–Crippen MR) is 139 cm³/mol. The van der Waals surface area contributed by atoms with Crippen molar-refractivity contribution in [1.82, 2.24) is 24.2 Å². The molecule has 0 saturated carbocycles. The molecule has 0 N–H and O–H groups in total. The van der Waals surface area contributed by atoms with Gasteiger partial charge in [0.1, 0.15) is 17.3 Å². The van der Waals surface area contributed by atoms with Crippen LogP contribution in [-0.4, -0.2) is 37.3 Å². The topological polar surface area (TPSA) is 38.9 Å². The SMILES string of the molecule is CC(c1ccc2c(-c3cccc(F)c3)nn(C)c2c1)N1CCC(c2nc3ccccc3n2C(F)F)CC1. The quantitative estimate of drug-likeness (QED) is 0.258. The van der Waals surface area contributed by atoms with Crippen molar-refractivity contribution in [2.24, 2.45) is 7.05 Å². The number of hydrogen-bond donors (Lipinski definition) is 0. The van der Waals surface area contributed by atoms with Gasteiger partial charge < -0.3 is 0 Å². The molecule has 1 unspecified atom stereocenters. The van der Waals surface area contributed by atoms with Gasteiger partial charge in [0.15, 0.2) is 0 Å². The average molecular weight is 504 g/mol. The molecule has 1 fully saturated rings. The molecule has 1 saturated heterocycles. The van der Waals surface area contributed by atoms with Crippen LogP contribution < -0.4 is 0 Å². The number of imidazole rings is 1. The number of hydrogen-bond acceptors (Lipinski definition) is 3. The van der Waals surface area contributed by atoms with E-state index in [-0.39, 0.29) is 17.8 Å². The van der Waals surface area contributed by atoms with Crippen molar-refractivity contribution < 1.29 is 13.2 Å². The van der Waals surface area contributed by atoms with Gasteiger partial charge in [-0.2, -0.15) is 13.9 Å². The van der Waals surface area contributed by atoms with Gasteiger partial charge in [-0.15, -0.1) is 0 Å². The third-order valence-electron chi connectivity index (χ3n) is 7.72. The maximum atomic E-state index is 13.9. The number of aryl methyl sites for hydroxylation is 1. The highest BCUT2D eigenvalue weighted by atomic mass is 19.3. The van der Waals surface area contributed by atoms with E-state index in [4.69, 9.17) is 0 Å². The van der Waals surface area contributed by atoms with Crippen LogP contribution in [0.5, 0.6) is 0 Å². The lowest BCUT2D eigenvalue weighted by Crippen LogP contribution is -2.35.